The molecule has 0 spiro atoms. The van der Waals surface area contributed by atoms with Crippen LogP contribution >= 0.6 is 0 Å². The molecule has 14 rings (SSSR count). The van der Waals surface area contributed by atoms with Gasteiger partial charge in [-0.15, -0.1) is 0 Å². The Hall–Kier alpha value is -8.79. The SMILES string of the molecule is c1ccc(C2(c3ccccc3)c3ccccc3-c3cc4c(-c5ccc(-c6c7ccccc7c(-c7cc8cccnc8c8ncccc78)c7ccccc67)cc5)nc5ccccc5c4cc32)cc1. The van der Waals surface area contributed by atoms with Gasteiger partial charge in [0.25, 0.3) is 0 Å². The fourth-order valence-electron chi connectivity index (χ4n) is 11.6. The van der Waals surface area contributed by atoms with Crippen molar-refractivity contribution in [3.8, 4) is 44.6 Å². The summed E-state index contributed by atoms with van der Waals surface area (Å²) in [4.78, 5) is 15.1. The summed E-state index contributed by atoms with van der Waals surface area (Å²) in [6.07, 6.45) is 3.72. The van der Waals surface area contributed by atoms with E-state index in [1.165, 1.54) is 71.4 Å². The standard InChI is InChI=1S/C64H39N3/c1-3-18-43(19-4-1)64(44-20-5-2-6-21-44)56-29-13-11-22-45(56)53-38-55-52(39-57(53)64)46-23-12-14-30-58(46)67-61(55)41-33-31-40(32-34-41)59-47-24-7-9-26-49(47)60(50-27-10-8-25-48(50)59)54-37-42-17-15-35-65-62(42)63-51(54)28-16-36-66-63/h1-39H. The van der Waals surface area contributed by atoms with Crippen molar-refractivity contribution in [2.75, 3.05) is 0 Å². The number of rotatable bonds is 5. The van der Waals surface area contributed by atoms with Crippen LogP contribution in [0.2, 0.25) is 0 Å². The Kier molecular flexibility index (Phi) is 8.20. The summed E-state index contributed by atoms with van der Waals surface area (Å²) in [6.45, 7) is 0. The lowest BCUT2D eigenvalue weighted by Gasteiger charge is -2.34. The average Bonchev–Trinajstić information content (AvgIpc) is 3.69. The lowest BCUT2D eigenvalue weighted by atomic mass is 9.67. The second kappa shape index (κ2) is 14.6. The maximum atomic E-state index is 5.49. The van der Waals surface area contributed by atoms with E-state index in [0.717, 1.165) is 60.5 Å². The molecule has 310 valence electrons. The van der Waals surface area contributed by atoms with E-state index in [1.54, 1.807) is 0 Å². The first-order valence-electron chi connectivity index (χ1n) is 23.0. The molecule has 0 radical (unpaired) electrons. The first-order chi connectivity index (χ1) is 33.3. The van der Waals surface area contributed by atoms with Crippen molar-refractivity contribution in [1.82, 2.24) is 15.0 Å². The molecular weight excluding hydrogens is 811 g/mol. The molecule has 0 fully saturated rings. The molecule has 3 aromatic heterocycles. The van der Waals surface area contributed by atoms with E-state index in [-0.39, 0.29) is 0 Å². The quantitative estimate of drug-likeness (QED) is 0.128. The van der Waals surface area contributed by atoms with Crippen molar-refractivity contribution in [2.45, 2.75) is 5.41 Å². The number of fused-ring (bicyclic) bond motifs is 11. The largest absolute Gasteiger partial charge is 0.254 e. The molecule has 0 amide bonds. The van der Waals surface area contributed by atoms with Crippen molar-refractivity contribution in [3.05, 3.63) is 259 Å². The van der Waals surface area contributed by atoms with E-state index in [0.29, 0.717) is 0 Å². The maximum Gasteiger partial charge on any atom is 0.0970 e. The summed E-state index contributed by atoms with van der Waals surface area (Å²) in [6, 6.07) is 82.2. The zero-order valence-corrected chi connectivity index (χ0v) is 36.4. The van der Waals surface area contributed by atoms with Crippen LogP contribution in [0.25, 0.3) is 110 Å². The highest BCUT2D eigenvalue weighted by Crippen LogP contribution is 2.57. The van der Waals surface area contributed by atoms with Crippen LogP contribution in [0.3, 0.4) is 0 Å². The number of pyridine rings is 3. The van der Waals surface area contributed by atoms with Gasteiger partial charge in [0.1, 0.15) is 0 Å². The van der Waals surface area contributed by atoms with E-state index in [9.17, 15) is 0 Å². The Morgan fingerprint density at radius 1 is 0.313 bits per heavy atom. The molecule has 10 aromatic carbocycles. The fourth-order valence-corrected chi connectivity index (χ4v) is 11.6. The summed E-state index contributed by atoms with van der Waals surface area (Å²) in [7, 11) is 0. The lowest BCUT2D eigenvalue weighted by Crippen LogP contribution is -2.28. The Labute approximate surface area is 387 Å². The second-order valence-corrected chi connectivity index (χ2v) is 17.8. The lowest BCUT2D eigenvalue weighted by molar-refractivity contribution is 0.769. The van der Waals surface area contributed by atoms with Crippen molar-refractivity contribution in [3.63, 3.8) is 0 Å². The molecule has 3 nitrogen and oxygen atoms in total. The summed E-state index contributed by atoms with van der Waals surface area (Å²) in [5, 5.41) is 10.5. The van der Waals surface area contributed by atoms with Gasteiger partial charge in [0.15, 0.2) is 0 Å². The van der Waals surface area contributed by atoms with Crippen molar-refractivity contribution >= 4 is 65.0 Å². The molecule has 0 atom stereocenters. The number of nitrogens with zero attached hydrogens (tertiary/aromatic N) is 3. The average molecular weight is 850 g/mol. The third-order valence-corrected chi connectivity index (χ3v) is 14.4. The molecule has 3 heteroatoms. The minimum atomic E-state index is -0.495. The summed E-state index contributed by atoms with van der Waals surface area (Å²) < 4.78 is 0. The molecule has 0 bridgehead atoms. The highest BCUT2D eigenvalue weighted by Gasteiger charge is 2.46. The summed E-state index contributed by atoms with van der Waals surface area (Å²) >= 11 is 0. The fraction of sp³-hybridized carbons (Fsp3) is 0.0156. The van der Waals surface area contributed by atoms with Crippen LogP contribution in [0.15, 0.2) is 237 Å². The van der Waals surface area contributed by atoms with Crippen LogP contribution < -0.4 is 0 Å². The first-order valence-corrected chi connectivity index (χ1v) is 23.0. The number of benzene rings is 10. The highest BCUT2D eigenvalue weighted by molar-refractivity contribution is 6.25. The van der Waals surface area contributed by atoms with Crippen LogP contribution in [0.1, 0.15) is 22.3 Å². The predicted octanol–water partition coefficient (Wildman–Crippen LogP) is 16.2. The zero-order chi connectivity index (χ0) is 44.1. The first kappa shape index (κ1) is 37.6. The molecule has 13 aromatic rings. The van der Waals surface area contributed by atoms with E-state index in [1.807, 2.05) is 24.5 Å². The molecule has 67 heavy (non-hydrogen) atoms. The Morgan fingerprint density at radius 2 is 0.866 bits per heavy atom. The van der Waals surface area contributed by atoms with E-state index in [2.05, 4.69) is 212 Å². The smallest absolute Gasteiger partial charge is 0.0970 e. The molecule has 1 aliphatic carbocycles. The molecule has 1 aliphatic rings. The van der Waals surface area contributed by atoms with Crippen LogP contribution in [-0.4, -0.2) is 15.0 Å². The maximum absolute atomic E-state index is 5.49. The van der Waals surface area contributed by atoms with Gasteiger partial charge in [0.2, 0.25) is 0 Å². The van der Waals surface area contributed by atoms with Crippen molar-refractivity contribution in [1.29, 1.82) is 0 Å². The van der Waals surface area contributed by atoms with Gasteiger partial charge in [0.05, 0.1) is 27.7 Å². The molecule has 0 N–H and O–H groups in total. The third kappa shape index (κ3) is 5.43. The van der Waals surface area contributed by atoms with Crippen molar-refractivity contribution < 1.29 is 0 Å². The van der Waals surface area contributed by atoms with Gasteiger partial charge in [-0.05, 0) is 119 Å². The molecule has 0 unspecified atom stereocenters. The van der Waals surface area contributed by atoms with Gasteiger partial charge in [-0.3, -0.25) is 9.97 Å². The van der Waals surface area contributed by atoms with Crippen LogP contribution in [0, 0.1) is 0 Å². The molecule has 0 aliphatic heterocycles. The van der Waals surface area contributed by atoms with Gasteiger partial charge in [0, 0.05) is 39.5 Å². The monoisotopic (exact) mass is 849 g/mol. The zero-order valence-electron chi connectivity index (χ0n) is 36.4. The number of hydrogen-bond acceptors (Lipinski definition) is 3. The molecule has 0 saturated carbocycles. The topological polar surface area (TPSA) is 38.7 Å². The third-order valence-electron chi connectivity index (χ3n) is 14.4. The van der Waals surface area contributed by atoms with Crippen LogP contribution in [0.5, 0.6) is 0 Å². The van der Waals surface area contributed by atoms with Crippen molar-refractivity contribution in [2.24, 2.45) is 0 Å². The second-order valence-electron chi connectivity index (χ2n) is 17.8. The van der Waals surface area contributed by atoms with E-state index >= 15 is 0 Å². The number of hydrogen-bond donors (Lipinski definition) is 0. The Morgan fingerprint density at radius 3 is 1.57 bits per heavy atom. The van der Waals surface area contributed by atoms with E-state index < -0.39 is 5.41 Å². The molecule has 3 heterocycles. The molecule has 0 saturated heterocycles. The van der Waals surface area contributed by atoms with Crippen LogP contribution in [0.4, 0.5) is 0 Å². The van der Waals surface area contributed by atoms with Gasteiger partial charge >= 0.3 is 0 Å². The van der Waals surface area contributed by atoms with Gasteiger partial charge < -0.3 is 0 Å². The molecular formula is C64H39N3. The van der Waals surface area contributed by atoms with Crippen LogP contribution in [-0.2, 0) is 5.41 Å². The minimum absolute atomic E-state index is 0.495. The normalized spacial score (nSPS) is 12.9. The highest BCUT2D eigenvalue weighted by atomic mass is 14.7. The van der Waals surface area contributed by atoms with Gasteiger partial charge in [-0.2, -0.15) is 0 Å². The summed E-state index contributed by atoms with van der Waals surface area (Å²) in [5.74, 6) is 0. The minimum Gasteiger partial charge on any atom is -0.254 e. The Balaban J connectivity index is 0.987. The van der Waals surface area contributed by atoms with Gasteiger partial charge in [-0.25, -0.2) is 4.98 Å². The van der Waals surface area contributed by atoms with Gasteiger partial charge in [-0.1, -0.05) is 188 Å². The number of para-hydroxylation sites is 1. The number of aromatic nitrogens is 3. The van der Waals surface area contributed by atoms with E-state index in [4.69, 9.17) is 15.0 Å². The Bertz CT molecular complexity index is 4040. The predicted molar refractivity (Wildman–Crippen MR) is 278 cm³/mol. The summed E-state index contributed by atoms with van der Waals surface area (Å²) in [5.41, 5.74) is 16.7.